The monoisotopic (exact) mass is 263 g/mol. The van der Waals surface area contributed by atoms with Gasteiger partial charge in [0.2, 0.25) is 0 Å². The van der Waals surface area contributed by atoms with Gasteiger partial charge >= 0.3 is 0 Å². The maximum absolute atomic E-state index is 8.58. The zero-order valence-corrected chi connectivity index (χ0v) is 11.5. The highest BCUT2D eigenvalue weighted by Crippen LogP contribution is 1.97. The van der Waals surface area contributed by atoms with E-state index in [1.165, 1.54) is 0 Å². The van der Waals surface area contributed by atoms with Crippen LogP contribution in [0.4, 0.5) is 0 Å². The molecule has 0 heterocycles. The second-order valence-electron chi connectivity index (χ2n) is 4.43. The summed E-state index contributed by atoms with van der Waals surface area (Å²) in [6.45, 7) is 1.37. The first kappa shape index (κ1) is 16.6. The number of hydrogen-bond acceptors (Lipinski definition) is 1. The topological polar surface area (TPSA) is 20.2 Å². The maximum atomic E-state index is 8.58. The molecule has 1 rings (SSSR count). The van der Waals surface area contributed by atoms with Crippen LogP contribution in [0, 0.1) is 23.7 Å². The van der Waals surface area contributed by atoms with Crippen LogP contribution in [-0.2, 0) is 0 Å². The van der Waals surface area contributed by atoms with E-state index in [0.29, 0.717) is 11.0 Å². The Kier molecular flexibility index (Phi) is 7.92. The van der Waals surface area contributed by atoms with Gasteiger partial charge in [-0.25, -0.2) is 0 Å². The molecule has 0 atom stereocenters. The van der Waals surface area contributed by atoms with Crippen molar-refractivity contribution in [2.75, 3.05) is 33.8 Å². The molecule has 0 aromatic heterocycles. The van der Waals surface area contributed by atoms with Gasteiger partial charge in [0.15, 0.2) is 0 Å². The molecule has 0 bridgehead atoms. The summed E-state index contributed by atoms with van der Waals surface area (Å²) < 4.78 is 0.715. The SMILES string of the molecule is C[N+](C)(CC#CCO)CC#Cc1ccccc1.[Cl-]. The number of aliphatic hydroxyl groups excluding tert-OH is 1. The van der Waals surface area contributed by atoms with E-state index in [4.69, 9.17) is 5.11 Å². The second-order valence-corrected chi connectivity index (χ2v) is 4.43. The van der Waals surface area contributed by atoms with Crippen LogP contribution < -0.4 is 12.4 Å². The molecule has 0 aliphatic carbocycles. The molecule has 1 aromatic carbocycles. The van der Waals surface area contributed by atoms with Crippen LogP contribution in [0.5, 0.6) is 0 Å². The van der Waals surface area contributed by atoms with Crippen LogP contribution in [0.25, 0.3) is 0 Å². The fourth-order valence-corrected chi connectivity index (χ4v) is 1.26. The van der Waals surface area contributed by atoms with Gasteiger partial charge in [-0.15, -0.1) is 0 Å². The van der Waals surface area contributed by atoms with Crippen molar-refractivity contribution >= 4 is 0 Å². The Morgan fingerprint density at radius 1 is 1.00 bits per heavy atom. The Bertz CT molecular complexity index is 460. The van der Waals surface area contributed by atoms with Crippen molar-refractivity contribution in [1.82, 2.24) is 0 Å². The summed E-state index contributed by atoms with van der Waals surface area (Å²) in [5.41, 5.74) is 1.04. The first-order valence-electron chi connectivity index (χ1n) is 5.56. The molecule has 96 valence electrons. The summed E-state index contributed by atoms with van der Waals surface area (Å²) in [4.78, 5) is 0. The summed E-state index contributed by atoms with van der Waals surface area (Å²) in [5, 5.41) is 8.58. The van der Waals surface area contributed by atoms with Gasteiger partial charge in [-0.2, -0.15) is 0 Å². The zero-order valence-electron chi connectivity index (χ0n) is 10.8. The van der Waals surface area contributed by atoms with Gasteiger partial charge < -0.3 is 22.0 Å². The smallest absolute Gasteiger partial charge is 0.141 e. The lowest BCUT2D eigenvalue weighted by molar-refractivity contribution is -0.875. The number of benzene rings is 1. The number of aliphatic hydroxyl groups is 1. The zero-order chi connectivity index (χ0) is 12.6. The lowest BCUT2D eigenvalue weighted by atomic mass is 10.2. The third-order valence-corrected chi connectivity index (χ3v) is 2.22. The minimum Gasteiger partial charge on any atom is -1.00 e. The van der Waals surface area contributed by atoms with Crippen molar-refractivity contribution in [2.24, 2.45) is 0 Å². The van der Waals surface area contributed by atoms with E-state index < -0.39 is 0 Å². The summed E-state index contributed by atoms with van der Waals surface area (Å²) in [6, 6.07) is 9.94. The van der Waals surface area contributed by atoms with Crippen LogP contribution in [0.3, 0.4) is 0 Å². The number of hydrogen-bond donors (Lipinski definition) is 1. The highest BCUT2D eigenvalue weighted by atomic mass is 35.5. The molecule has 18 heavy (non-hydrogen) atoms. The molecule has 0 aliphatic heterocycles. The van der Waals surface area contributed by atoms with E-state index in [9.17, 15) is 0 Å². The normalized spacial score (nSPS) is 9.28. The lowest BCUT2D eigenvalue weighted by Crippen LogP contribution is -3.00. The predicted octanol–water partition coefficient (Wildman–Crippen LogP) is -1.89. The van der Waals surface area contributed by atoms with Crippen molar-refractivity contribution in [2.45, 2.75) is 0 Å². The second kappa shape index (κ2) is 8.61. The Hall–Kier alpha value is -1.45. The number of quaternary nitrogens is 1. The molecule has 0 fully saturated rings. The number of nitrogens with zero attached hydrogens (tertiary/aromatic N) is 1. The standard InChI is InChI=1S/C15H18NO.ClH/c1-16(2,12-6-7-14-17)13-8-11-15-9-4-3-5-10-15;/h3-5,9-10,17H,12-14H2,1-2H3;1H/q+1;/p-1. The molecule has 1 N–H and O–H groups in total. The largest absolute Gasteiger partial charge is 1.00 e. The van der Waals surface area contributed by atoms with E-state index >= 15 is 0 Å². The molecule has 0 aliphatic rings. The molecule has 3 heteroatoms. The Morgan fingerprint density at radius 3 is 2.22 bits per heavy atom. The molecule has 0 saturated carbocycles. The van der Waals surface area contributed by atoms with E-state index in [1.54, 1.807) is 0 Å². The van der Waals surface area contributed by atoms with E-state index in [2.05, 4.69) is 37.8 Å². The molecule has 0 saturated heterocycles. The van der Waals surface area contributed by atoms with E-state index in [0.717, 1.165) is 12.1 Å². The third-order valence-electron chi connectivity index (χ3n) is 2.22. The first-order chi connectivity index (χ1) is 8.14. The summed E-state index contributed by atoms with van der Waals surface area (Å²) >= 11 is 0. The number of rotatable bonds is 2. The minimum absolute atomic E-state index is 0. The average molecular weight is 264 g/mol. The Balaban J connectivity index is 0.00000289. The van der Waals surface area contributed by atoms with Gasteiger partial charge in [0, 0.05) is 5.56 Å². The van der Waals surface area contributed by atoms with Crippen molar-refractivity contribution in [3.05, 3.63) is 35.9 Å². The minimum atomic E-state index is -0.0737. The van der Waals surface area contributed by atoms with Crippen LogP contribution in [0.15, 0.2) is 30.3 Å². The first-order valence-corrected chi connectivity index (χ1v) is 5.56. The average Bonchev–Trinajstić information content (AvgIpc) is 2.30. The quantitative estimate of drug-likeness (QED) is 0.489. The van der Waals surface area contributed by atoms with Crippen LogP contribution in [0.2, 0.25) is 0 Å². The van der Waals surface area contributed by atoms with Gasteiger partial charge in [-0.1, -0.05) is 30.0 Å². The molecule has 0 unspecified atom stereocenters. The predicted molar refractivity (Wildman–Crippen MR) is 70.0 cm³/mol. The van der Waals surface area contributed by atoms with Crippen LogP contribution in [0.1, 0.15) is 5.56 Å². The molecule has 0 radical (unpaired) electrons. The van der Waals surface area contributed by atoms with Gasteiger partial charge in [0.1, 0.15) is 19.7 Å². The third kappa shape index (κ3) is 6.99. The van der Waals surface area contributed by atoms with Crippen molar-refractivity contribution in [3.63, 3.8) is 0 Å². The van der Waals surface area contributed by atoms with Crippen LogP contribution >= 0.6 is 0 Å². The molecule has 1 aromatic rings. The molecule has 2 nitrogen and oxygen atoms in total. The van der Waals surface area contributed by atoms with Gasteiger partial charge in [-0.05, 0) is 24.0 Å². The van der Waals surface area contributed by atoms with E-state index in [1.807, 2.05) is 30.3 Å². The van der Waals surface area contributed by atoms with E-state index in [-0.39, 0.29) is 19.0 Å². The molecular weight excluding hydrogens is 246 g/mol. The van der Waals surface area contributed by atoms with Gasteiger partial charge in [0.25, 0.3) is 0 Å². The van der Waals surface area contributed by atoms with Crippen molar-refractivity contribution in [3.8, 4) is 23.7 Å². The Morgan fingerprint density at radius 2 is 1.61 bits per heavy atom. The van der Waals surface area contributed by atoms with Crippen LogP contribution in [-0.4, -0.2) is 43.4 Å². The summed E-state index contributed by atoms with van der Waals surface area (Å²) in [5.74, 6) is 11.9. The highest BCUT2D eigenvalue weighted by molar-refractivity contribution is 5.33. The fourth-order valence-electron chi connectivity index (χ4n) is 1.26. The molecule has 0 amide bonds. The summed E-state index contributed by atoms with van der Waals surface area (Å²) in [7, 11) is 4.15. The van der Waals surface area contributed by atoms with Crippen molar-refractivity contribution < 1.29 is 22.0 Å². The highest BCUT2D eigenvalue weighted by Gasteiger charge is 2.09. The summed E-state index contributed by atoms with van der Waals surface area (Å²) in [6.07, 6.45) is 0. The Labute approximate surface area is 116 Å². The van der Waals surface area contributed by atoms with Gasteiger partial charge in [-0.3, -0.25) is 0 Å². The molecule has 0 spiro atoms. The lowest BCUT2D eigenvalue weighted by Gasteiger charge is -2.24. The fraction of sp³-hybridized carbons (Fsp3) is 0.333. The molecular formula is C15H18ClNO. The van der Waals surface area contributed by atoms with Crippen molar-refractivity contribution in [1.29, 1.82) is 0 Å². The maximum Gasteiger partial charge on any atom is 0.141 e. The number of halogens is 1. The van der Waals surface area contributed by atoms with Gasteiger partial charge in [0.05, 0.1) is 14.1 Å².